The molecule has 168 valence electrons. The van der Waals surface area contributed by atoms with E-state index in [1.54, 1.807) is 0 Å². The van der Waals surface area contributed by atoms with Gasteiger partial charge in [-0.2, -0.15) is 0 Å². The zero-order chi connectivity index (χ0) is 21.3. The summed E-state index contributed by atoms with van der Waals surface area (Å²) in [5.41, 5.74) is 0. The highest BCUT2D eigenvalue weighted by atomic mass is 35.5. The molecule has 0 N–H and O–H groups in total. The number of halogens is 2. The van der Waals surface area contributed by atoms with Crippen molar-refractivity contribution in [3.8, 4) is 0 Å². The summed E-state index contributed by atoms with van der Waals surface area (Å²) in [4.78, 5) is 20.8. The number of carbonyl (C=O) groups excluding carboxylic acids is 2. The van der Waals surface area contributed by atoms with E-state index in [0.29, 0.717) is 12.8 Å². The summed E-state index contributed by atoms with van der Waals surface area (Å²) in [6.07, 6.45) is 24.1. The minimum atomic E-state index is -0.187. The van der Waals surface area contributed by atoms with Crippen molar-refractivity contribution in [2.45, 2.75) is 142 Å². The third-order valence-corrected chi connectivity index (χ3v) is 5.33. The van der Waals surface area contributed by atoms with Crippen LogP contribution in [-0.4, -0.2) is 10.5 Å². The van der Waals surface area contributed by atoms with Crippen molar-refractivity contribution in [1.82, 2.24) is 0 Å². The van der Waals surface area contributed by atoms with Crippen LogP contribution >= 0.6 is 23.2 Å². The van der Waals surface area contributed by atoms with Gasteiger partial charge >= 0.3 is 0 Å². The lowest BCUT2D eigenvalue weighted by Crippen LogP contribution is -1.86. The molecule has 0 amide bonds. The van der Waals surface area contributed by atoms with Gasteiger partial charge in [-0.1, -0.05) is 117 Å². The van der Waals surface area contributed by atoms with E-state index in [-0.39, 0.29) is 10.5 Å². The van der Waals surface area contributed by atoms with Crippen molar-refractivity contribution in [2.75, 3.05) is 0 Å². The van der Waals surface area contributed by atoms with Gasteiger partial charge in [0, 0.05) is 12.8 Å². The molecule has 0 spiro atoms. The summed E-state index contributed by atoms with van der Waals surface area (Å²) in [5, 5.41) is -0.374. The van der Waals surface area contributed by atoms with Crippen LogP contribution in [0.25, 0.3) is 0 Å². The molecule has 0 aromatic heterocycles. The van der Waals surface area contributed by atoms with E-state index in [0.717, 1.165) is 25.7 Å². The Morgan fingerprint density at radius 2 is 0.643 bits per heavy atom. The van der Waals surface area contributed by atoms with Crippen molar-refractivity contribution in [1.29, 1.82) is 0 Å². The minimum Gasteiger partial charge on any atom is -0.281 e. The van der Waals surface area contributed by atoms with E-state index in [1.165, 1.54) is 89.9 Å². The molecule has 0 aliphatic carbocycles. The first-order valence-corrected chi connectivity index (χ1v) is 12.7. The Kier molecular flexibility index (Phi) is 29.0. The Balaban J connectivity index is 0. The second kappa shape index (κ2) is 26.9. The maximum Gasteiger partial charge on any atom is 0.221 e. The first-order valence-electron chi connectivity index (χ1n) is 11.9. The lowest BCUT2D eigenvalue weighted by atomic mass is 10.1. The summed E-state index contributed by atoms with van der Waals surface area (Å²) in [7, 11) is 0. The fourth-order valence-electron chi connectivity index (χ4n) is 3.15. The van der Waals surface area contributed by atoms with Crippen LogP contribution in [0.15, 0.2) is 0 Å². The van der Waals surface area contributed by atoms with E-state index < -0.39 is 0 Å². The van der Waals surface area contributed by atoms with E-state index in [1.807, 2.05) is 0 Å². The van der Waals surface area contributed by atoms with Gasteiger partial charge in [0.15, 0.2) is 0 Å². The van der Waals surface area contributed by atoms with Crippen molar-refractivity contribution in [3.05, 3.63) is 0 Å². The summed E-state index contributed by atoms with van der Waals surface area (Å²) in [6.45, 7) is 4.48. The second-order valence-electron chi connectivity index (χ2n) is 7.87. The van der Waals surface area contributed by atoms with Crippen LogP contribution < -0.4 is 0 Å². The Labute approximate surface area is 185 Å². The lowest BCUT2D eigenvalue weighted by Gasteiger charge is -2.00. The molecular formula is C24H46Cl2O2. The van der Waals surface area contributed by atoms with E-state index in [9.17, 15) is 9.59 Å². The van der Waals surface area contributed by atoms with Gasteiger partial charge in [0.1, 0.15) is 0 Å². The fourth-order valence-corrected chi connectivity index (χ4v) is 3.42. The summed E-state index contributed by atoms with van der Waals surface area (Å²) < 4.78 is 0. The molecule has 0 atom stereocenters. The maximum absolute atomic E-state index is 10.4. The summed E-state index contributed by atoms with van der Waals surface area (Å²) in [6, 6.07) is 0. The predicted molar refractivity (Wildman–Crippen MR) is 125 cm³/mol. The van der Waals surface area contributed by atoms with E-state index in [2.05, 4.69) is 13.8 Å². The number of hydrogen-bond acceptors (Lipinski definition) is 2. The highest BCUT2D eigenvalue weighted by Crippen LogP contribution is 2.11. The van der Waals surface area contributed by atoms with Gasteiger partial charge in [-0.15, -0.1) is 0 Å². The van der Waals surface area contributed by atoms with Gasteiger partial charge in [-0.25, -0.2) is 0 Å². The Morgan fingerprint density at radius 1 is 0.429 bits per heavy atom. The summed E-state index contributed by atoms with van der Waals surface area (Å²) in [5.74, 6) is 0. The molecule has 0 aliphatic heterocycles. The van der Waals surface area contributed by atoms with Crippen LogP contribution in [0.2, 0.25) is 0 Å². The number of carbonyl (C=O) groups is 2. The average molecular weight is 438 g/mol. The van der Waals surface area contributed by atoms with Gasteiger partial charge in [0.25, 0.3) is 0 Å². The molecule has 0 aliphatic rings. The van der Waals surface area contributed by atoms with Gasteiger partial charge in [0.05, 0.1) is 0 Å². The first kappa shape index (κ1) is 30.1. The third-order valence-electron chi connectivity index (χ3n) is 4.95. The van der Waals surface area contributed by atoms with E-state index in [4.69, 9.17) is 23.2 Å². The molecule has 0 unspecified atom stereocenters. The highest BCUT2D eigenvalue weighted by Gasteiger charge is 1.97. The van der Waals surface area contributed by atoms with Crippen molar-refractivity contribution in [3.63, 3.8) is 0 Å². The molecule has 4 heteroatoms. The minimum absolute atomic E-state index is 0.187. The Morgan fingerprint density at radius 3 is 0.857 bits per heavy atom. The molecule has 28 heavy (non-hydrogen) atoms. The highest BCUT2D eigenvalue weighted by molar-refractivity contribution is 6.63. The standard InChI is InChI=1S/2C12H23ClO/c2*1-2-3-4-5-6-7-8-9-10-11-12(13)14/h2*2-11H2,1H3. The summed E-state index contributed by atoms with van der Waals surface area (Å²) >= 11 is 10.5. The lowest BCUT2D eigenvalue weighted by molar-refractivity contribution is -0.112. The van der Waals surface area contributed by atoms with Gasteiger partial charge < -0.3 is 0 Å². The molecule has 0 rings (SSSR count). The molecule has 0 aromatic rings. The van der Waals surface area contributed by atoms with Crippen LogP contribution in [0, 0.1) is 0 Å². The molecule has 0 bridgehead atoms. The number of hydrogen-bond donors (Lipinski definition) is 0. The van der Waals surface area contributed by atoms with Gasteiger partial charge in [0.2, 0.25) is 10.5 Å². The van der Waals surface area contributed by atoms with Crippen molar-refractivity contribution < 1.29 is 9.59 Å². The Bertz CT molecular complexity index is 301. The molecule has 0 radical (unpaired) electrons. The van der Waals surface area contributed by atoms with Gasteiger partial charge in [-0.05, 0) is 36.0 Å². The monoisotopic (exact) mass is 436 g/mol. The zero-order valence-corrected chi connectivity index (χ0v) is 20.2. The van der Waals surface area contributed by atoms with Crippen molar-refractivity contribution in [2.24, 2.45) is 0 Å². The fraction of sp³-hybridized carbons (Fsp3) is 0.917. The number of unbranched alkanes of at least 4 members (excludes halogenated alkanes) is 16. The molecule has 0 aromatic carbocycles. The number of rotatable bonds is 20. The third kappa shape index (κ3) is 33.5. The molecular weight excluding hydrogens is 391 g/mol. The first-order chi connectivity index (χ1) is 13.5. The van der Waals surface area contributed by atoms with Crippen LogP contribution in [0.3, 0.4) is 0 Å². The average Bonchev–Trinajstić information content (AvgIpc) is 2.65. The van der Waals surface area contributed by atoms with Crippen LogP contribution in [0.5, 0.6) is 0 Å². The van der Waals surface area contributed by atoms with Crippen LogP contribution in [0.1, 0.15) is 142 Å². The SMILES string of the molecule is CCCCCCCCCCCC(=O)Cl.CCCCCCCCCCCC(=O)Cl. The quantitative estimate of drug-likeness (QED) is 0.140. The molecule has 2 nitrogen and oxygen atoms in total. The molecule has 0 saturated heterocycles. The predicted octanol–water partition coefficient (Wildman–Crippen LogP) is 9.35. The zero-order valence-electron chi connectivity index (χ0n) is 18.7. The second-order valence-corrected chi connectivity index (χ2v) is 8.71. The maximum atomic E-state index is 10.4. The topological polar surface area (TPSA) is 34.1 Å². The molecule has 0 saturated carbocycles. The largest absolute Gasteiger partial charge is 0.281 e. The Hall–Kier alpha value is -0.0800. The smallest absolute Gasteiger partial charge is 0.221 e. The van der Waals surface area contributed by atoms with Crippen molar-refractivity contribution >= 4 is 33.7 Å². The normalized spacial score (nSPS) is 10.4. The van der Waals surface area contributed by atoms with Crippen LogP contribution in [0.4, 0.5) is 0 Å². The van der Waals surface area contributed by atoms with Gasteiger partial charge in [-0.3, -0.25) is 9.59 Å². The molecule has 0 heterocycles. The molecule has 0 fully saturated rings. The van der Waals surface area contributed by atoms with E-state index >= 15 is 0 Å². The van der Waals surface area contributed by atoms with Crippen LogP contribution in [-0.2, 0) is 9.59 Å².